The maximum Gasteiger partial charge on any atom is 0.143 e. The van der Waals surface area contributed by atoms with Crippen LogP contribution in [0.15, 0.2) is 28.7 Å². The second-order valence-corrected chi connectivity index (χ2v) is 5.72. The summed E-state index contributed by atoms with van der Waals surface area (Å²) in [5, 5.41) is 4.94. The van der Waals surface area contributed by atoms with Gasteiger partial charge >= 0.3 is 0 Å². The first-order chi connectivity index (χ1) is 8.97. The average molecular weight is 342 g/mol. The molecule has 1 aromatic carbocycles. The van der Waals surface area contributed by atoms with E-state index in [0.29, 0.717) is 17.9 Å². The van der Waals surface area contributed by atoms with Crippen LogP contribution in [-0.4, -0.2) is 15.6 Å². The zero-order valence-electron chi connectivity index (χ0n) is 10.8. The van der Waals surface area contributed by atoms with Crippen molar-refractivity contribution in [3.8, 4) is 0 Å². The summed E-state index contributed by atoms with van der Waals surface area (Å²) in [7, 11) is 1.85. The zero-order chi connectivity index (χ0) is 14.0. The number of aromatic nitrogens is 2. The molecule has 19 heavy (non-hydrogen) atoms. The normalized spacial score (nSPS) is 10.7. The number of hydrogen-bond acceptors (Lipinski definition) is 2. The van der Waals surface area contributed by atoms with Crippen molar-refractivity contribution >= 4 is 33.3 Å². The highest BCUT2D eigenvalue weighted by Crippen LogP contribution is 2.21. The highest BCUT2D eigenvalue weighted by atomic mass is 79.9. The van der Waals surface area contributed by atoms with Gasteiger partial charge in [-0.1, -0.05) is 23.7 Å². The molecule has 1 aromatic heterocycles. The Labute approximate surface area is 125 Å². The molecule has 0 saturated heterocycles. The Morgan fingerprint density at radius 1 is 1.42 bits per heavy atom. The number of nitrogens with zero attached hydrogens (tertiary/aromatic N) is 2. The molecule has 0 unspecified atom stereocenters. The van der Waals surface area contributed by atoms with E-state index in [1.807, 2.05) is 32.2 Å². The van der Waals surface area contributed by atoms with Gasteiger partial charge in [0.05, 0.1) is 15.9 Å². The number of Topliss-reactive ketones (excluding diaryl/α,β-unsaturated/α-hetero) is 1. The zero-order valence-corrected chi connectivity index (χ0v) is 13.1. The van der Waals surface area contributed by atoms with Gasteiger partial charge < -0.3 is 0 Å². The van der Waals surface area contributed by atoms with Gasteiger partial charge in [-0.05, 0) is 40.5 Å². The van der Waals surface area contributed by atoms with Crippen LogP contribution in [0.3, 0.4) is 0 Å². The summed E-state index contributed by atoms with van der Waals surface area (Å²) in [4.78, 5) is 12.1. The van der Waals surface area contributed by atoms with Crippen LogP contribution in [-0.2, 0) is 24.7 Å². The summed E-state index contributed by atoms with van der Waals surface area (Å²) >= 11 is 9.38. The Bertz CT molecular complexity index is 622. The van der Waals surface area contributed by atoms with E-state index in [-0.39, 0.29) is 5.78 Å². The number of ketones is 1. The van der Waals surface area contributed by atoms with Gasteiger partial charge in [0.2, 0.25) is 0 Å². The molecule has 0 N–H and O–H groups in total. The minimum atomic E-state index is 0.144. The average Bonchev–Trinajstić information content (AvgIpc) is 2.56. The molecule has 0 aliphatic heterocycles. The molecule has 2 aromatic rings. The highest BCUT2D eigenvalue weighted by molar-refractivity contribution is 9.10. The summed E-state index contributed by atoms with van der Waals surface area (Å²) < 4.78 is 2.66. The molecule has 100 valence electrons. The molecule has 5 heteroatoms. The Morgan fingerprint density at radius 2 is 2.16 bits per heavy atom. The lowest BCUT2D eigenvalue weighted by molar-refractivity contribution is -0.117. The number of halogens is 2. The molecule has 1 heterocycles. The third-order valence-electron chi connectivity index (χ3n) is 2.92. The van der Waals surface area contributed by atoms with Crippen molar-refractivity contribution in [3.63, 3.8) is 0 Å². The van der Waals surface area contributed by atoms with Crippen LogP contribution in [0, 0.1) is 6.92 Å². The van der Waals surface area contributed by atoms with Gasteiger partial charge in [-0.3, -0.25) is 9.48 Å². The van der Waals surface area contributed by atoms with Gasteiger partial charge in [-0.2, -0.15) is 5.10 Å². The molecule has 0 fully saturated rings. The topological polar surface area (TPSA) is 34.9 Å². The maximum atomic E-state index is 12.1. The van der Waals surface area contributed by atoms with Crippen molar-refractivity contribution in [1.29, 1.82) is 0 Å². The quantitative estimate of drug-likeness (QED) is 0.853. The molecular weight excluding hydrogens is 328 g/mol. The van der Waals surface area contributed by atoms with Crippen molar-refractivity contribution in [3.05, 3.63) is 50.7 Å². The van der Waals surface area contributed by atoms with E-state index in [1.54, 1.807) is 10.7 Å². The number of aryl methyl sites for hydroxylation is 2. The fraction of sp³-hybridized carbons (Fsp3) is 0.286. The van der Waals surface area contributed by atoms with Gasteiger partial charge in [-0.25, -0.2) is 0 Å². The van der Waals surface area contributed by atoms with Crippen LogP contribution in [0.4, 0.5) is 0 Å². The van der Waals surface area contributed by atoms with Crippen LogP contribution < -0.4 is 0 Å². The SMILES string of the molecule is Cc1nn(C)c(CC(=O)Cc2cccc(Cl)c2)c1Br. The molecule has 3 nitrogen and oxygen atoms in total. The predicted molar refractivity (Wildman–Crippen MR) is 79.5 cm³/mol. The molecule has 0 saturated carbocycles. The third kappa shape index (κ3) is 3.45. The smallest absolute Gasteiger partial charge is 0.143 e. The second kappa shape index (κ2) is 5.88. The van der Waals surface area contributed by atoms with Crippen molar-refractivity contribution in [2.45, 2.75) is 19.8 Å². The van der Waals surface area contributed by atoms with Crippen LogP contribution in [0.2, 0.25) is 5.02 Å². The molecular formula is C14H14BrClN2O. The van der Waals surface area contributed by atoms with Crippen LogP contribution in [0.25, 0.3) is 0 Å². The molecule has 0 aliphatic rings. The summed E-state index contributed by atoms with van der Waals surface area (Å²) in [5.74, 6) is 0.144. The van der Waals surface area contributed by atoms with Gasteiger partial charge in [0.15, 0.2) is 0 Å². The van der Waals surface area contributed by atoms with Crippen LogP contribution in [0.1, 0.15) is 17.0 Å². The van der Waals surface area contributed by atoms with E-state index in [4.69, 9.17) is 11.6 Å². The molecule has 0 aliphatic carbocycles. The molecule has 2 rings (SSSR count). The Kier molecular flexibility index (Phi) is 4.42. The minimum absolute atomic E-state index is 0.144. The third-order valence-corrected chi connectivity index (χ3v) is 4.18. The fourth-order valence-corrected chi connectivity index (χ4v) is 2.68. The van der Waals surface area contributed by atoms with E-state index < -0.39 is 0 Å². The fourth-order valence-electron chi connectivity index (χ4n) is 2.00. The molecule has 0 radical (unpaired) electrons. The summed E-state index contributed by atoms with van der Waals surface area (Å²) in [5.41, 5.74) is 2.74. The number of carbonyl (C=O) groups excluding carboxylic acids is 1. The van der Waals surface area contributed by atoms with E-state index in [1.165, 1.54) is 0 Å². The first-order valence-electron chi connectivity index (χ1n) is 5.91. The largest absolute Gasteiger partial charge is 0.299 e. The van der Waals surface area contributed by atoms with Crippen molar-refractivity contribution in [2.24, 2.45) is 7.05 Å². The standard InChI is InChI=1S/C14H14BrClN2O/c1-9-14(15)13(18(2)17-9)8-12(19)7-10-4-3-5-11(16)6-10/h3-6H,7-8H2,1-2H3. The van der Waals surface area contributed by atoms with Gasteiger partial charge in [0, 0.05) is 24.9 Å². The van der Waals surface area contributed by atoms with Crippen LogP contribution >= 0.6 is 27.5 Å². The Hall–Kier alpha value is -1.13. The van der Waals surface area contributed by atoms with Crippen molar-refractivity contribution < 1.29 is 4.79 Å². The molecule has 0 spiro atoms. The van der Waals surface area contributed by atoms with Crippen molar-refractivity contribution in [2.75, 3.05) is 0 Å². The minimum Gasteiger partial charge on any atom is -0.299 e. The van der Waals surface area contributed by atoms with E-state index >= 15 is 0 Å². The summed E-state index contributed by atoms with van der Waals surface area (Å²) in [6, 6.07) is 7.39. The van der Waals surface area contributed by atoms with E-state index in [0.717, 1.165) is 21.4 Å². The lowest BCUT2D eigenvalue weighted by Crippen LogP contribution is -2.10. The lowest BCUT2D eigenvalue weighted by Gasteiger charge is -2.04. The molecule has 0 amide bonds. The number of hydrogen-bond donors (Lipinski definition) is 0. The van der Waals surface area contributed by atoms with Crippen molar-refractivity contribution in [1.82, 2.24) is 9.78 Å². The molecule has 0 bridgehead atoms. The Balaban J connectivity index is 2.09. The second-order valence-electron chi connectivity index (χ2n) is 4.49. The Morgan fingerprint density at radius 3 is 2.74 bits per heavy atom. The van der Waals surface area contributed by atoms with Gasteiger partial charge in [0.1, 0.15) is 5.78 Å². The highest BCUT2D eigenvalue weighted by Gasteiger charge is 2.14. The van der Waals surface area contributed by atoms with E-state index in [2.05, 4.69) is 21.0 Å². The monoisotopic (exact) mass is 340 g/mol. The summed E-state index contributed by atoms with van der Waals surface area (Å²) in [6.45, 7) is 1.91. The molecule has 0 atom stereocenters. The number of rotatable bonds is 4. The summed E-state index contributed by atoms with van der Waals surface area (Å²) in [6.07, 6.45) is 0.752. The number of carbonyl (C=O) groups is 1. The van der Waals surface area contributed by atoms with Gasteiger partial charge in [-0.15, -0.1) is 0 Å². The first-order valence-corrected chi connectivity index (χ1v) is 7.08. The lowest BCUT2D eigenvalue weighted by atomic mass is 10.1. The predicted octanol–water partition coefficient (Wildman–Crippen LogP) is 3.50. The van der Waals surface area contributed by atoms with Crippen LogP contribution in [0.5, 0.6) is 0 Å². The van der Waals surface area contributed by atoms with E-state index in [9.17, 15) is 4.79 Å². The number of benzene rings is 1. The van der Waals surface area contributed by atoms with Gasteiger partial charge in [0.25, 0.3) is 0 Å². The first kappa shape index (κ1) is 14.3. The maximum absolute atomic E-state index is 12.1.